The molecule has 42 heavy (non-hydrogen) atoms. The number of ether oxygens (including phenoxy) is 1. The van der Waals surface area contributed by atoms with Gasteiger partial charge in [0.15, 0.2) is 5.78 Å². The van der Waals surface area contributed by atoms with E-state index in [1.807, 2.05) is 49.5 Å². The van der Waals surface area contributed by atoms with Crippen molar-refractivity contribution in [2.24, 2.45) is 0 Å². The lowest BCUT2D eigenvalue weighted by molar-refractivity contribution is -0.114. The predicted molar refractivity (Wildman–Crippen MR) is 168 cm³/mol. The molecule has 0 bridgehead atoms. The number of hydrogen-bond acceptors (Lipinski definition) is 7. The number of ketones is 1. The lowest BCUT2D eigenvalue weighted by Crippen LogP contribution is -2.19. The smallest absolute Gasteiger partial charge is 0.159 e. The van der Waals surface area contributed by atoms with E-state index in [0.29, 0.717) is 29.1 Å². The molecule has 1 aliphatic carbocycles. The third-order valence-electron chi connectivity index (χ3n) is 7.60. The Bertz CT molecular complexity index is 1480. The summed E-state index contributed by atoms with van der Waals surface area (Å²) in [7, 11) is 2.05. The second kappa shape index (κ2) is 15.7. The fourth-order valence-electron chi connectivity index (χ4n) is 5.30. The molecule has 1 saturated carbocycles. The molecule has 1 heterocycles. The van der Waals surface area contributed by atoms with Crippen LogP contribution in [-0.2, 0) is 11.2 Å². The van der Waals surface area contributed by atoms with E-state index in [0.717, 1.165) is 80.1 Å². The Morgan fingerprint density at radius 1 is 1.21 bits per heavy atom. The number of fused-ring (bicyclic) bond motifs is 1. The van der Waals surface area contributed by atoms with Crippen molar-refractivity contribution in [1.82, 2.24) is 9.88 Å². The normalized spacial score (nSPS) is 13.5. The second-order valence-electron chi connectivity index (χ2n) is 11.0. The Kier molecular flexibility index (Phi) is 11.5. The number of carbonyl (C=O) groups excluding carboxylic acids is 1. The van der Waals surface area contributed by atoms with Gasteiger partial charge in [-0.2, -0.15) is 5.26 Å². The van der Waals surface area contributed by atoms with Gasteiger partial charge in [-0.3, -0.25) is 9.78 Å². The van der Waals surface area contributed by atoms with Crippen LogP contribution in [0.15, 0.2) is 54.7 Å². The van der Waals surface area contributed by atoms with Gasteiger partial charge in [-0.25, -0.2) is 0 Å². The van der Waals surface area contributed by atoms with Crippen molar-refractivity contribution < 1.29 is 14.6 Å². The topological polar surface area (TPSA) is 98.5 Å². The minimum Gasteiger partial charge on any atom is -0.490 e. The fourth-order valence-corrected chi connectivity index (χ4v) is 5.30. The van der Waals surface area contributed by atoms with Crippen molar-refractivity contribution in [2.75, 3.05) is 32.1 Å². The summed E-state index contributed by atoms with van der Waals surface area (Å²) in [6, 6.07) is 13.5. The molecule has 2 aromatic carbocycles. The van der Waals surface area contributed by atoms with E-state index >= 15 is 0 Å². The molecule has 0 unspecified atom stereocenters. The van der Waals surface area contributed by atoms with Crippen molar-refractivity contribution in [2.45, 2.75) is 63.9 Å². The van der Waals surface area contributed by atoms with Gasteiger partial charge in [0.1, 0.15) is 11.8 Å². The Labute approximate surface area is 249 Å². The van der Waals surface area contributed by atoms with E-state index in [1.165, 1.54) is 0 Å². The summed E-state index contributed by atoms with van der Waals surface area (Å²) in [6.45, 7) is 1.89. The highest BCUT2D eigenvalue weighted by atomic mass is 16.5. The number of nitrogens with one attached hydrogen (secondary N) is 1. The van der Waals surface area contributed by atoms with E-state index in [4.69, 9.17) is 16.3 Å². The first-order valence-corrected chi connectivity index (χ1v) is 14.9. The summed E-state index contributed by atoms with van der Waals surface area (Å²) < 4.78 is 6.43. The van der Waals surface area contributed by atoms with Crippen LogP contribution < -0.4 is 10.1 Å². The number of aromatic nitrogens is 1. The zero-order valence-corrected chi connectivity index (χ0v) is 24.4. The van der Waals surface area contributed by atoms with Crippen molar-refractivity contribution in [1.29, 1.82) is 5.26 Å². The Balaban J connectivity index is 1.57. The van der Waals surface area contributed by atoms with E-state index < -0.39 is 0 Å². The lowest BCUT2D eigenvalue weighted by atomic mass is 10.0. The highest BCUT2D eigenvalue weighted by Gasteiger charge is 2.21. The zero-order chi connectivity index (χ0) is 29.7. The number of likely N-dealkylation sites (N-methyl/N-ethyl adjacent to an activating group) is 1. The number of unbranched alkanes of at least 4 members (excludes halogenated alkanes) is 3. The van der Waals surface area contributed by atoms with Gasteiger partial charge in [-0.1, -0.05) is 30.9 Å². The first kappa shape index (κ1) is 30.8. The van der Waals surface area contributed by atoms with Crippen molar-refractivity contribution in [3.63, 3.8) is 0 Å². The molecule has 1 fully saturated rings. The third kappa shape index (κ3) is 8.66. The maximum absolute atomic E-state index is 13.1. The number of benzene rings is 2. The number of nitriles is 1. The SMILES string of the molecule is C#Cc1cccc(Nc2c(C#N)cnc3cc(OC4CCCC4)c(CC(=O)/C=C/CN(C)CCCCCCO)cc23)c1. The Morgan fingerprint density at radius 2 is 2.02 bits per heavy atom. The number of nitrogens with zero attached hydrogens (tertiary/aromatic N) is 3. The van der Waals surface area contributed by atoms with E-state index in [2.05, 4.69) is 27.2 Å². The maximum atomic E-state index is 13.1. The molecule has 7 heteroatoms. The van der Waals surface area contributed by atoms with Crippen molar-refractivity contribution in [3.8, 4) is 24.2 Å². The van der Waals surface area contributed by atoms with Crippen LogP contribution in [0.5, 0.6) is 5.75 Å². The van der Waals surface area contributed by atoms with Crippen molar-refractivity contribution in [3.05, 3.63) is 71.4 Å². The van der Waals surface area contributed by atoms with Crippen LogP contribution in [0.4, 0.5) is 11.4 Å². The number of rotatable bonds is 15. The van der Waals surface area contributed by atoms with Crippen molar-refractivity contribution >= 4 is 28.1 Å². The summed E-state index contributed by atoms with van der Waals surface area (Å²) in [5.74, 6) is 3.31. The van der Waals surface area contributed by atoms with Crippen LogP contribution >= 0.6 is 0 Å². The Hall–Kier alpha value is -4.17. The second-order valence-corrected chi connectivity index (χ2v) is 11.0. The van der Waals surface area contributed by atoms with Gasteiger partial charge < -0.3 is 20.1 Å². The third-order valence-corrected chi connectivity index (χ3v) is 7.60. The standard InChI is InChI=1S/C35H40N4O3/c1-3-26-12-10-13-29(20-26)38-35-28(24-36)25-37-33-23-34(42-31-15-6-7-16-31)27(22-32(33)35)21-30(41)14-11-18-39(2)17-8-4-5-9-19-40/h1,10-14,20,22-23,25,31,40H,4-9,15-19,21H2,2H3,(H,37,38)/b14-11+. The average molecular weight is 565 g/mol. The molecule has 0 radical (unpaired) electrons. The maximum Gasteiger partial charge on any atom is 0.159 e. The van der Waals surface area contributed by atoms with E-state index in [9.17, 15) is 10.1 Å². The van der Waals surface area contributed by atoms with Crippen LogP contribution in [0.1, 0.15) is 68.1 Å². The first-order chi connectivity index (χ1) is 20.5. The quantitative estimate of drug-likeness (QED) is 0.127. The monoisotopic (exact) mass is 564 g/mol. The summed E-state index contributed by atoms with van der Waals surface area (Å²) >= 11 is 0. The minimum atomic E-state index is -0.0115. The predicted octanol–water partition coefficient (Wildman–Crippen LogP) is 6.31. The molecule has 3 aromatic rings. The zero-order valence-electron chi connectivity index (χ0n) is 24.4. The van der Waals surface area contributed by atoms with Crippen LogP contribution in [0, 0.1) is 23.7 Å². The molecule has 0 aliphatic heterocycles. The van der Waals surface area contributed by atoms with E-state index in [-0.39, 0.29) is 24.9 Å². The number of aliphatic hydroxyl groups is 1. The minimum absolute atomic E-state index is 0.0115. The van der Waals surface area contributed by atoms with Gasteiger partial charge in [0, 0.05) is 54.0 Å². The summed E-state index contributed by atoms with van der Waals surface area (Å²) in [4.78, 5) is 19.9. The van der Waals surface area contributed by atoms with Gasteiger partial charge in [0.05, 0.1) is 22.9 Å². The van der Waals surface area contributed by atoms with E-state index in [1.54, 1.807) is 12.3 Å². The van der Waals surface area contributed by atoms with Crippen LogP contribution in [0.3, 0.4) is 0 Å². The van der Waals surface area contributed by atoms with Crippen LogP contribution in [0.2, 0.25) is 0 Å². The average Bonchev–Trinajstić information content (AvgIpc) is 3.51. The summed E-state index contributed by atoms with van der Waals surface area (Å²) in [5.41, 5.74) is 3.97. The summed E-state index contributed by atoms with van der Waals surface area (Å²) in [6.07, 6.45) is 19.3. The highest BCUT2D eigenvalue weighted by Crippen LogP contribution is 2.35. The van der Waals surface area contributed by atoms with Gasteiger partial charge in [-0.15, -0.1) is 6.42 Å². The number of pyridine rings is 1. The molecule has 0 atom stereocenters. The molecule has 2 N–H and O–H groups in total. The first-order valence-electron chi connectivity index (χ1n) is 14.9. The number of anilines is 2. The van der Waals surface area contributed by atoms with Gasteiger partial charge in [0.25, 0.3) is 0 Å². The molecule has 1 aromatic heterocycles. The molecular formula is C35H40N4O3. The van der Waals surface area contributed by atoms with Gasteiger partial charge in [-0.05, 0) is 82.5 Å². The fraction of sp³-hybridized carbons (Fsp3) is 0.400. The number of carbonyl (C=O) groups is 1. The molecule has 4 rings (SSSR count). The number of allylic oxidation sites excluding steroid dienone is 1. The number of hydrogen-bond donors (Lipinski definition) is 2. The summed E-state index contributed by atoms with van der Waals surface area (Å²) in [5, 5.41) is 22.9. The van der Waals surface area contributed by atoms with Gasteiger partial charge in [0.2, 0.25) is 0 Å². The molecular weight excluding hydrogens is 524 g/mol. The largest absolute Gasteiger partial charge is 0.490 e. The number of terminal acetylenes is 1. The molecule has 0 spiro atoms. The Morgan fingerprint density at radius 3 is 2.79 bits per heavy atom. The number of aliphatic hydroxyl groups excluding tert-OH is 1. The highest BCUT2D eigenvalue weighted by molar-refractivity contribution is 5.99. The molecule has 0 saturated heterocycles. The van der Waals surface area contributed by atoms with Crippen LogP contribution in [-0.4, -0.2) is 53.6 Å². The van der Waals surface area contributed by atoms with Crippen LogP contribution in [0.25, 0.3) is 10.9 Å². The molecule has 1 aliphatic rings. The molecule has 7 nitrogen and oxygen atoms in total. The van der Waals surface area contributed by atoms with Gasteiger partial charge >= 0.3 is 0 Å². The molecule has 0 amide bonds. The lowest BCUT2D eigenvalue weighted by Gasteiger charge is -2.19. The molecule has 218 valence electrons.